The second-order valence-corrected chi connectivity index (χ2v) is 5.75. The SMILES string of the molecule is COc1cc(N2CC(F)(C(C)C)C2)cnc1I. The Morgan fingerprint density at radius 2 is 2.18 bits per heavy atom. The molecular formula is C12H16FIN2O. The first kappa shape index (κ1) is 12.9. The summed E-state index contributed by atoms with van der Waals surface area (Å²) >= 11 is 2.12. The second-order valence-electron chi connectivity index (χ2n) is 4.73. The van der Waals surface area contributed by atoms with Crippen molar-refractivity contribution in [3.8, 4) is 5.75 Å². The summed E-state index contributed by atoms with van der Waals surface area (Å²) in [5, 5.41) is 0. The van der Waals surface area contributed by atoms with Crippen molar-refractivity contribution in [3.63, 3.8) is 0 Å². The third-order valence-electron chi connectivity index (χ3n) is 3.32. The fourth-order valence-electron chi connectivity index (χ4n) is 1.87. The lowest BCUT2D eigenvalue weighted by Crippen LogP contribution is -2.62. The van der Waals surface area contributed by atoms with E-state index in [2.05, 4.69) is 27.6 Å². The maximum absolute atomic E-state index is 14.1. The van der Waals surface area contributed by atoms with Gasteiger partial charge in [0.05, 0.1) is 32.1 Å². The largest absolute Gasteiger partial charge is 0.494 e. The number of pyridine rings is 1. The molecule has 0 amide bonds. The molecule has 94 valence electrons. The summed E-state index contributed by atoms with van der Waals surface area (Å²) in [6.07, 6.45) is 1.77. The first-order valence-electron chi connectivity index (χ1n) is 5.59. The minimum absolute atomic E-state index is 0.0532. The van der Waals surface area contributed by atoms with Crippen LogP contribution in [0.5, 0.6) is 5.75 Å². The van der Waals surface area contributed by atoms with Gasteiger partial charge in [-0.1, -0.05) is 13.8 Å². The van der Waals surface area contributed by atoms with Gasteiger partial charge < -0.3 is 9.64 Å². The van der Waals surface area contributed by atoms with E-state index in [0.717, 1.165) is 15.1 Å². The van der Waals surface area contributed by atoms with Gasteiger partial charge in [0.1, 0.15) is 9.37 Å². The summed E-state index contributed by atoms with van der Waals surface area (Å²) in [6.45, 7) is 4.72. The van der Waals surface area contributed by atoms with Crippen molar-refractivity contribution in [1.82, 2.24) is 4.98 Å². The predicted octanol–water partition coefficient (Wildman–Crippen LogP) is 2.88. The molecule has 0 spiro atoms. The lowest BCUT2D eigenvalue weighted by molar-refractivity contribution is 0.0653. The molecule has 1 fully saturated rings. The molecule has 1 saturated heterocycles. The lowest BCUT2D eigenvalue weighted by atomic mass is 9.84. The van der Waals surface area contributed by atoms with E-state index in [9.17, 15) is 4.39 Å². The molecular weight excluding hydrogens is 334 g/mol. The molecule has 5 heteroatoms. The van der Waals surface area contributed by atoms with E-state index in [1.54, 1.807) is 13.3 Å². The monoisotopic (exact) mass is 350 g/mol. The number of hydrogen-bond donors (Lipinski definition) is 0. The van der Waals surface area contributed by atoms with E-state index in [1.165, 1.54) is 0 Å². The summed E-state index contributed by atoms with van der Waals surface area (Å²) < 4.78 is 20.2. The summed E-state index contributed by atoms with van der Waals surface area (Å²) in [5.41, 5.74) is -0.132. The molecule has 0 radical (unpaired) electrons. The summed E-state index contributed by atoms with van der Waals surface area (Å²) in [4.78, 5) is 6.23. The van der Waals surface area contributed by atoms with Crippen molar-refractivity contribution in [2.45, 2.75) is 19.5 Å². The molecule has 2 rings (SSSR count). The van der Waals surface area contributed by atoms with E-state index in [0.29, 0.717) is 13.1 Å². The Hall–Kier alpha value is -0.590. The van der Waals surface area contributed by atoms with Gasteiger partial charge in [-0.05, 0) is 28.5 Å². The van der Waals surface area contributed by atoms with Crippen LogP contribution in [-0.2, 0) is 0 Å². The van der Waals surface area contributed by atoms with Crippen LogP contribution in [0.1, 0.15) is 13.8 Å². The molecule has 1 aromatic rings. The number of methoxy groups -OCH3 is 1. The van der Waals surface area contributed by atoms with E-state index in [-0.39, 0.29) is 5.92 Å². The maximum atomic E-state index is 14.1. The molecule has 1 aliphatic heterocycles. The van der Waals surface area contributed by atoms with Crippen molar-refractivity contribution in [1.29, 1.82) is 0 Å². The fraction of sp³-hybridized carbons (Fsp3) is 0.583. The van der Waals surface area contributed by atoms with Crippen molar-refractivity contribution in [2.75, 3.05) is 25.1 Å². The summed E-state index contributed by atoms with van der Waals surface area (Å²) in [6, 6.07) is 1.91. The quantitative estimate of drug-likeness (QED) is 0.619. The van der Waals surface area contributed by atoms with Crippen LogP contribution in [0.25, 0.3) is 0 Å². The Morgan fingerprint density at radius 3 is 2.71 bits per heavy atom. The standard InChI is InChI=1S/C12H16FIN2O/c1-8(2)12(13)6-16(7-12)9-4-10(17-3)11(14)15-5-9/h4-5,8H,6-7H2,1-3H3. The zero-order chi connectivity index (χ0) is 12.6. The van der Waals surface area contributed by atoms with E-state index >= 15 is 0 Å². The molecule has 0 N–H and O–H groups in total. The Kier molecular flexibility index (Phi) is 3.47. The molecule has 1 aliphatic rings. The van der Waals surface area contributed by atoms with Gasteiger partial charge in [-0.15, -0.1) is 0 Å². The zero-order valence-electron chi connectivity index (χ0n) is 10.2. The van der Waals surface area contributed by atoms with E-state index in [1.807, 2.05) is 24.8 Å². The molecule has 0 aromatic carbocycles. The van der Waals surface area contributed by atoms with Crippen molar-refractivity contribution < 1.29 is 9.13 Å². The summed E-state index contributed by atoms with van der Waals surface area (Å²) in [5.74, 6) is 0.793. The molecule has 3 nitrogen and oxygen atoms in total. The van der Waals surface area contributed by atoms with Crippen LogP contribution >= 0.6 is 22.6 Å². The molecule has 0 aliphatic carbocycles. The first-order valence-corrected chi connectivity index (χ1v) is 6.67. The molecule has 0 saturated carbocycles. The Morgan fingerprint density at radius 1 is 1.53 bits per heavy atom. The normalized spacial score (nSPS) is 18.1. The Bertz CT molecular complexity index is 419. The molecule has 2 heterocycles. The smallest absolute Gasteiger partial charge is 0.152 e. The number of rotatable bonds is 3. The Balaban J connectivity index is 2.11. The number of alkyl halides is 1. The van der Waals surface area contributed by atoms with Gasteiger partial charge in [0.15, 0.2) is 5.75 Å². The number of hydrogen-bond acceptors (Lipinski definition) is 3. The predicted molar refractivity (Wildman–Crippen MR) is 74.4 cm³/mol. The topological polar surface area (TPSA) is 25.4 Å². The molecule has 1 aromatic heterocycles. The fourth-order valence-corrected chi connectivity index (χ4v) is 2.38. The number of anilines is 1. The first-order chi connectivity index (χ1) is 7.96. The molecule has 17 heavy (non-hydrogen) atoms. The average Bonchev–Trinajstić information content (AvgIpc) is 2.25. The van der Waals surface area contributed by atoms with Gasteiger partial charge in [0.2, 0.25) is 0 Å². The number of ether oxygens (including phenoxy) is 1. The highest BCUT2D eigenvalue weighted by atomic mass is 127. The van der Waals surface area contributed by atoms with Crippen LogP contribution in [0, 0.1) is 9.62 Å². The van der Waals surface area contributed by atoms with Crippen molar-refractivity contribution in [2.24, 2.45) is 5.92 Å². The van der Waals surface area contributed by atoms with Crippen LogP contribution < -0.4 is 9.64 Å². The van der Waals surface area contributed by atoms with Crippen molar-refractivity contribution >= 4 is 28.3 Å². The van der Waals surface area contributed by atoms with E-state index in [4.69, 9.17) is 4.74 Å². The van der Waals surface area contributed by atoms with Gasteiger partial charge in [-0.3, -0.25) is 0 Å². The lowest BCUT2D eigenvalue weighted by Gasteiger charge is -2.48. The van der Waals surface area contributed by atoms with Crippen LogP contribution in [0.2, 0.25) is 0 Å². The Labute approximate surface area is 115 Å². The van der Waals surface area contributed by atoms with Gasteiger partial charge in [0.25, 0.3) is 0 Å². The van der Waals surface area contributed by atoms with Gasteiger partial charge in [-0.2, -0.15) is 0 Å². The van der Waals surface area contributed by atoms with Crippen LogP contribution in [0.15, 0.2) is 12.3 Å². The van der Waals surface area contributed by atoms with E-state index < -0.39 is 5.67 Å². The highest BCUT2D eigenvalue weighted by molar-refractivity contribution is 14.1. The van der Waals surface area contributed by atoms with Crippen LogP contribution in [0.3, 0.4) is 0 Å². The van der Waals surface area contributed by atoms with Gasteiger partial charge in [-0.25, -0.2) is 9.37 Å². The zero-order valence-corrected chi connectivity index (χ0v) is 12.4. The molecule has 0 atom stereocenters. The number of halogens is 2. The average molecular weight is 350 g/mol. The third kappa shape index (κ3) is 2.34. The summed E-state index contributed by atoms with van der Waals surface area (Å²) in [7, 11) is 1.62. The molecule has 0 bridgehead atoms. The van der Waals surface area contributed by atoms with Gasteiger partial charge >= 0.3 is 0 Å². The van der Waals surface area contributed by atoms with Crippen LogP contribution in [-0.4, -0.2) is 30.9 Å². The van der Waals surface area contributed by atoms with Gasteiger partial charge in [0, 0.05) is 6.07 Å². The maximum Gasteiger partial charge on any atom is 0.152 e. The van der Waals surface area contributed by atoms with Crippen molar-refractivity contribution in [3.05, 3.63) is 16.0 Å². The number of aromatic nitrogens is 1. The van der Waals surface area contributed by atoms with Crippen LogP contribution in [0.4, 0.5) is 10.1 Å². The highest BCUT2D eigenvalue weighted by Gasteiger charge is 2.46. The molecule has 0 unspecified atom stereocenters. The number of nitrogens with zero attached hydrogens (tertiary/aromatic N) is 2. The highest BCUT2D eigenvalue weighted by Crippen LogP contribution is 2.37. The second kappa shape index (κ2) is 4.59. The third-order valence-corrected chi connectivity index (χ3v) is 4.13. The minimum Gasteiger partial charge on any atom is -0.494 e. The minimum atomic E-state index is -1.06.